The van der Waals surface area contributed by atoms with Gasteiger partial charge >= 0.3 is 12.0 Å². The highest BCUT2D eigenvalue weighted by molar-refractivity contribution is 5.87. The maximum Gasteiger partial charge on any atom is 0.356 e. The van der Waals surface area contributed by atoms with E-state index in [9.17, 15) is 9.59 Å². The lowest BCUT2D eigenvalue weighted by Gasteiger charge is -2.24. The molecule has 0 unspecified atom stereocenters. The summed E-state index contributed by atoms with van der Waals surface area (Å²) in [6, 6.07) is 3.63. The van der Waals surface area contributed by atoms with Crippen LogP contribution in [0.3, 0.4) is 0 Å². The minimum atomic E-state index is -0.466. The molecule has 1 aliphatic carbocycles. The number of esters is 1. The third-order valence-electron chi connectivity index (χ3n) is 3.86. The van der Waals surface area contributed by atoms with E-state index in [-0.39, 0.29) is 11.7 Å². The van der Waals surface area contributed by atoms with Crippen molar-refractivity contribution in [3.8, 4) is 0 Å². The zero-order chi connectivity index (χ0) is 15.2. The van der Waals surface area contributed by atoms with Crippen molar-refractivity contribution in [1.82, 2.24) is 15.2 Å². The average molecular weight is 291 g/mol. The first-order valence-corrected chi connectivity index (χ1v) is 7.15. The van der Waals surface area contributed by atoms with Crippen LogP contribution in [0.4, 0.5) is 4.79 Å². The van der Waals surface area contributed by atoms with Crippen LogP contribution in [0.5, 0.6) is 0 Å². The van der Waals surface area contributed by atoms with E-state index in [0.717, 1.165) is 18.4 Å². The van der Waals surface area contributed by atoms with Crippen molar-refractivity contribution in [3.63, 3.8) is 0 Å². The van der Waals surface area contributed by atoms with Crippen molar-refractivity contribution in [3.05, 3.63) is 29.6 Å². The summed E-state index contributed by atoms with van der Waals surface area (Å²) in [5, 5.41) is 2.87. The molecule has 2 rings (SSSR count). The van der Waals surface area contributed by atoms with Crippen LogP contribution < -0.4 is 5.32 Å². The minimum absolute atomic E-state index is 0.0704. The maximum absolute atomic E-state index is 12.0. The van der Waals surface area contributed by atoms with Gasteiger partial charge in [0.2, 0.25) is 0 Å². The first-order valence-electron chi connectivity index (χ1n) is 7.15. The quantitative estimate of drug-likeness (QED) is 0.861. The second-order valence-corrected chi connectivity index (χ2v) is 5.25. The first-order chi connectivity index (χ1) is 10.1. The zero-order valence-corrected chi connectivity index (χ0v) is 12.5. The Labute approximate surface area is 124 Å². The number of methoxy groups -OCH3 is 1. The van der Waals surface area contributed by atoms with Gasteiger partial charge in [0.25, 0.3) is 0 Å². The molecule has 6 heteroatoms. The predicted octanol–water partition coefficient (Wildman–Crippen LogP) is 1.95. The number of hydrogen-bond donors (Lipinski definition) is 1. The second-order valence-electron chi connectivity index (χ2n) is 5.25. The molecule has 0 aliphatic heterocycles. The maximum atomic E-state index is 12.0. The summed E-state index contributed by atoms with van der Waals surface area (Å²) in [5.41, 5.74) is 1.10. The Kier molecular flexibility index (Phi) is 5.14. The van der Waals surface area contributed by atoms with Gasteiger partial charge in [0.05, 0.1) is 7.11 Å². The van der Waals surface area contributed by atoms with Crippen LogP contribution in [0, 0.1) is 0 Å². The fourth-order valence-electron chi connectivity index (χ4n) is 2.51. The van der Waals surface area contributed by atoms with Gasteiger partial charge < -0.3 is 15.0 Å². The molecule has 0 bridgehead atoms. The largest absolute Gasteiger partial charge is 0.464 e. The van der Waals surface area contributed by atoms with Crippen molar-refractivity contribution >= 4 is 12.0 Å². The number of carbonyl (C=O) groups is 2. The van der Waals surface area contributed by atoms with E-state index in [1.807, 2.05) is 7.05 Å². The first kappa shape index (κ1) is 15.3. The minimum Gasteiger partial charge on any atom is -0.464 e. The summed E-state index contributed by atoms with van der Waals surface area (Å²) in [6.07, 6.45) is 6.13. The Morgan fingerprint density at radius 1 is 1.38 bits per heavy atom. The standard InChI is InChI=1S/C15H21N3O3/c1-18(12-5-3-4-6-12)15(20)17-10-11-7-8-13(16-9-11)14(19)21-2/h7-9,12H,3-6,10H2,1-2H3,(H,17,20). The smallest absolute Gasteiger partial charge is 0.356 e. The predicted molar refractivity (Wildman–Crippen MR) is 77.8 cm³/mol. The molecule has 114 valence electrons. The molecule has 2 amide bonds. The number of carbonyl (C=O) groups excluding carboxylic acids is 2. The van der Waals surface area contributed by atoms with Crippen LogP contribution in [-0.2, 0) is 11.3 Å². The molecule has 21 heavy (non-hydrogen) atoms. The molecular formula is C15H21N3O3. The van der Waals surface area contributed by atoms with Crippen LogP contribution in [0.2, 0.25) is 0 Å². The second kappa shape index (κ2) is 7.06. The number of hydrogen-bond acceptors (Lipinski definition) is 4. The van der Waals surface area contributed by atoms with Gasteiger partial charge in [-0.3, -0.25) is 0 Å². The van der Waals surface area contributed by atoms with E-state index < -0.39 is 5.97 Å². The molecule has 6 nitrogen and oxygen atoms in total. The number of aromatic nitrogens is 1. The summed E-state index contributed by atoms with van der Waals surface area (Å²) in [6.45, 7) is 0.393. The Hall–Kier alpha value is -2.11. The van der Waals surface area contributed by atoms with E-state index in [2.05, 4.69) is 15.0 Å². The summed E-state index contributed by atoms with van der Waals surface area (Å²) in [7, 11) is 3.15. The van der Waals surface area contributed by atoms with Crippen molar-refractivity contribution < 1.29 is 14.3 Å². The molecule has 1 aromatic heterocycles. The molecule has 1 N–H and O–H groups in total. The van der Waals surface area contributed by atoms with E-state index in [4.69, 9.17) is 0 Å². The molecule has 0 spiro atoms. The van der Waals surface area contributed by atoms with E-state index >= 15 is 0 Å². The fourth-order valence-corrected chi connectivity index (χ4v) is 2.51. The highest BCUT2D eigenvalue weighted by atomic mass is 16.5. The molecule has 0 atom stereocenters. The normalized spacial score (nSPS) is 14.8. The number of nitrogens with zero attached hydrogens (tertiary/aromatic N) is 2. The number of ether oxygens (including phenoxy) is 1. The van der Waals surface area contributed by atoms with Crippen molar-refractivity contribution in [2.45, 2.75) is 38.3 Å². The van der Waals surface area contributed by atoms with Gasteiger partial charge in [-0.25, -0.2) is 14.6 Å². The van der Waals surface area contributed by atoms with Crippen molar-refractivity contribution in [2.24, 2.45) is 0 Å². The summed E-state index contributed by atoms with van der Waals surface area (Å²) in [5.74, 6) is -0.466. The van der Waals surface area contributed by atoms with Gasteiger partial charge in [-0.1, -0.05) is 18.9 Å². The fraction of sp³-hybridized carbons (Fsp3) is 0.533. The van der Waals surface area contributed by atoms with Gasteiger partial charge in [0, 0.05) is 25.8 Å². The molecule has 1 fully saturated rings. The summed E-state index contributed by atoms with van der Waals surface area (Å²) < 4.78 is 4.58. The third kappa shape index (κ3) is 3.93. The number of amides is 2. The Morgan fingerprint density at radius 2 is 2.10 bits per heavy atom. The van der Waals surface area contributed by atoms with Gasteiger partial charge in [0.1, 0.15) is 5.69 Å². The highest BCUT2D eigenvalue weighted by Crippen LogP contribution is 2.22. The lowest BCUT2D eigenvalue weighted by Crippen LogP contribution is -2.42. The Morgan fingerprint density at radius 3 is 2.67 bits per heavy atom. The van der Waals surface area contributed by atoms with Gasteiger partial charge in [-0.15, -0.1) is 0 Å². The molecule has 1 aliphatic rings. The molecular weight excluding hydrogens is 270 g/mol. The lowest BCUT2D eigenvalue weighted by atomic mass is 10.2. The molecule has 1 heterocycles. The lowest BCUT2D eigenvalue weighted by molar-refractivity contribution is 0.0594. The van der Waals surface area contributed by atoms with Crippen molar-refractivity contribution in [2.75, 3.05) is 14.2 Å². The Balaban J connectivity index is 1.84. The molecule has 0 radical (unpaired) electrons. The number of pyridine rings is 1. The number of nitrogens with one attached hydrogen (secondary N) is 1. The van der Waals surface area contributed by atoms with Gasteiger partial charge in [-0.05, 0) is 24.5 Å². The van der Waals surface area contributed by atoms with Gasteiger partial charge in [0.15, 0.2) is 0 Å². The number of urea groups is 1. The van der Waals surface area contributed by atoms with E-state index in [1.165, 1.54) is 20.0 Å². The number of rotatable bonds is 4. The molecule has 1 saturated carbocycles. The topological polar surface area (TPSA) is 71.5 Å². The highest BCUT2D eigenvalue weighted by Gasteiger charge is 2.23. The van der Waals surface area contributed by atoms with Crippen LogP contribution in [-0.4, -0.2) is 42.1 Å². The molecule has 0 saturated heterocycles. The molecule has 0 aromatic carbocycles. The summed E-state index contributed by atoms with van der Waals surface area (Å²) in [4.78, 5) is 29.1. The van der Waals surface area contributed by atoms with Crippen LogP contribution in [0.25, 0.3) is 0 Å². The zero-order valence-electron chi connectivity index (χ0n) is 12.5. The van der Waals surface area contributed by atoms with E-state index in [1.54, 1.807) is 23.2 Å². The third-order valence-corrected chi connectivity index (χ3v) is 3.86. The van der Waals surface area contributed by atoms with E-state index in [0.29, 0.717) is 12.6 Å². The van der Waals surface area contributed by atoms with Gasteiger partial charge in [-0.2, -0.15) is 0 Å². The Bertz CT molecular complexity index is 495. The van der Waals surface area contributed by atoms with Crippen LogP contribution in [0.1, 0.15) is 41.7 Å². The SMILES string of the molecule is COC(=O)c1ccc(CNC(=O)N(C)C2CCCC2)cn1. The van der Waals surface area contributed by atoms with Crippen LogP contribution >= 0.6 is 0 Å². The van der Waals surface area contributed by atoms with Crippen molar-refractivity contribution in [1.29, 1.82) is 0 Å². The average Bonchev–Trinajstić information content (AvgIpc) is 3.06. The molecule has 1 aromatic rings. The monoisotopic (exact) mass is 291 g/mol. The summed E-state index contributed by atoms with van der Waals surface area (Å²) >= 11 is 0. The van der Waals surface area contributed by atoms with Crippen LogP contribution in [0.15, 0.2) is 18.3 Å².